The molecule has 1 amide bonds. The fourth-order valence-corrected chi connectivity index (χ4v) is 4.75. The molecular weight excluding hydrogens is 454 g/mol. The van der Waals surface area contributed by atoms with Crippen molar-refractivity contribution in [3.05, 3.63) is 53.9 Å². The van der Waals surface area contributed by atoms with E-state index in [0.29, 0.717) is 36.3 Å². The first-order valence-corrected chi connectivity index (χ1v) is 11.6. The van der Waals surface area contributed by atoms with E-state index in [4.69, 9.17) is 10.5 Å². The standard InChI is InChI=1S/C25H26F2N6O2/c1-2-35-20-4-3-14(11-29-20)19-10-17(24(34)33-25-7-5-16(6-8-25)31-13-25)21(27)22(32-19)15-9-18(26)23(28)30-12-15/h3-4,9-12,16,31H,2,5-8,13H2,1H3,(H2,28,30)(H,33,34). The highest BCUT2D eigenvalue weighted by molar-refractivity contribution is 5.97. The van der Waals surface area contributed by atoms with Gasteiger partial charge in [-0.3, -0.25) is 4.79 Å². The minimum absolute atomic E-state index is 0.0713. The lowest BCUT2D eigenvalue weighted by molar-refractivity contribution is 0.0784. The molecule has 6 rings (SSSR count). The Morgan fingerprint density at radius 1 is 1.20 bits per heavy atom. The SMILES string of the molecule is CCOc1ccc(-c2cc(C(=O)NC34CCC(CC3)NC4)c(F)c(-c3cnc(N)c(F)c3)n2)cn1. The number of hydrogen-bond acceptors (Lipinski definition) is 7. The van der Waals surface area contributed by atoms with Crippen molar-refractivity contribution in [1.29, 1.82) is 0 Å². The largest absolute Gasteiger partial charge is 0.478 e. The van der Waals surface area contributed by atoms with Gasteiger partial charge in [0.25, 0.3) is 5.91 Å². The summed E-state index contributed by atoms with van der Waals surface area (Å²) in [4.78, 5) is 25.8. The van der Waals surface area contributed by atoms with Gasteiger partial charge in [0.05, 0.1) is 23.4 Å². The van der Waals surface area contributed by atoms with Crippen LogP contribution in [0.4, 0.5) is 14.6 Å². The Morgan fingerprint density at radius 2 is 1.97 bits per heavy atom. The van der Waals surface area contributed by atoms with E-state index in [1.165, 1.54) is 18.5 Å². The lowest BCUT2D eigenvalue weighted by atomic mass is 9.75. The Hall–Kier alpha value is -3.66. The van der Waals surface area contributed by atoms with Gasteiger partial charge in [0.1, 0.15) is 5.69 Å². The van der Waals surface area contributed by atoms with Crippen LogP contribution in [0.5, 0.6) is 5.88 Å². The summed E-state index contributed by atoms with van der Waals surface area (Å²) < 4.78 is 35.3. The second-order valence-corrected chi connectivity index (χ2v) is 9.02. The minimum Gasteiger partial charge on any atom is -0.478 e. The second kappa shape index (κ2) is 9.18. The summed E-state index contributed by atoms with van der Waals surface area (Å²) in [5, 5.41) is 6.50. The maximum Gasteiger partial charge on any atom is 0.254 e. The number of rotatable bonds is 6. The molecule has 8 nitrogen and oxygen atoms in total. The number of carbonyl (C=O) groups is 1. The first-order chi connectivity index (χ1) is 16.9. The van der Waals surface area contributed by atoms with Crippen molar-refractivity contribution >= 4 is 11.7 Å². The van der Waals surface area contributed by atoms with Crippen molar-refractivity contribution in [3.63, 3.8) is 0 Å². The molecule has 1 aliphatic carbocycles. The molecule has 3 fully saturated rings. The molecule has 35 heavy (non-hydrogen) atoms. The Balaban J connectivity index is 1.57. The molecule has 0 aromatic carbocycles. The molecule has 0 atom stereocenters. The molecule has 0 spiro atoms. The normalized spacial score (nSPS) is 21.1. The van der Waals surface area contributed by atoms with E-state index in [1.54, 1.807) is 12.1 Å². The summed E-state index contributed by atoms with van der Waals surface area (Å²) in [7, 11) is 0. The van der Waals surface area contributed by atoms with E-state index in [0.717, 1.165) is 31.7 Å². The van der Waals surface area contributed by atoms with E-state index < -0.39 is 23.1 Å². The third kappa shape index (κ3) is 4.53. The number of carbonyl (C=O) groups excluding carboxylic acids is 1. The zero-order valence-corrected chi connectivity index (χ0v) is 19.3. The predicted molar refractivity (Wildman–Crippen MR) is 127 cm³/mol. The Labute approximate surface area is 201 Å². The monoisotopic (exact) mass is 480 g/mol. The van der Waals surface area contributed by atoms with Crippen LogP contribution in [0.2, 0.25) is 0 Å². The maximum atomic E-state index is 15.7. The fraction of sp³-hybridized carbons (Fsp3) is 0.360. The van der Waals surface area contributed by atoms with E-state index in [2.05, 4.69) is 25.6 Å². The van der Waals surface area contributed by atoms with Crippen molar-refractivity contribution < 1.29 is 18.3 Å². The summed E-state index contributed by atoms with van der Waals surface area (Å²) in [5.74, 6) is -2.08. The highest BCUT2D eigenvalue weighted by Gasteiger charge is 2.41. The van der Waals surface area contributed by atoms with Crippen molar-refractivity contribution in [1.82, 2.24) is 25.6 Å². The van der Waals surface area contributed by atoms with Crippen LogP contribution in [0.15, 0.2) is 36.7 Å². The lowest BCUT2D eigenvalue weighted by Crippen LogP contribution is -2.64. The van der Waals surface area contributed by atoms with Crippen LogP contribution >= 0.6 is 0 Å². The summed E-state index contributed by atoms with van der Waals surface area (Å²) in [6.45, 7) is 2.95. The van der Waals surface area contributed by atoms with Gasteiger partial charge in [-0.2, -0.15) is 0 Å². The van der Waals surface area contributed by atoms with Crippen LogP contribution in [-0.2, 0) is 0 Å². The average Bonchev–Trinajstić information content (AvgIpc) is 2.87. The first kappa shape index (κ1) is 23.1. The van der Waals surface area contributed by atoms with Gasteiger partial charge in [0, 0.05) is 42.2 Å². The smallest absolute Gasteiger partial charge is 0.254 e. The first-order valence-electron chi connectivity index (χ1n) is 11.6. The van der Waals surface area contributed by atoms with Gasteiger partial charge in [0.15, 0.2) is 17.5 Å². The average molecular weight is 481 g/mol. The van der Waals surface area contributed by atoms with Crippen LogP contribution in [0.25, 0.3) is 22.5 Å². The summed E-state index contributed by atoms with van der Waals surface area (Å²) in [6.07, 6.45) is 6.35. The van der Waals surface area contributed by atoms with Crippen molar-refractivity contribution in [2.75, 3.05) is 18.9 Å². The number of nitrogen functional groups attached to an aromatic ring is 1. The number of piperidine rings is 2. The van der Waals surface area contributed by atoms with Crippen LogP contribution in [0, 0.1) is 11.6 Å². The van der Waals surface area contributed by atoms with Gasteiger partial charge >= 0.3 is 0 Å². The molecule has 1 saturated carbocycles. The number of fused-ring (bicyclic) bond motifs is 3. The van der Waals surface area contributed by atoms with Gasteiger partial charge in [0.2, 0.25) is 5.88 Å². The van der Waals surface area contributed by atoms with Gasteiger partial charge < -0.3 is 21.1 Å². The van der Waals surface area contributed by atoms with Crippen LogP contribution in [0.3, 0.4) is 0 Å². The van der Waals surface area contributed by atoms with Gasteiger partial charge in [-0.05, 0) is 50.8 Å². The molecule has 0 radical (unpaired) electrons. The molecule has 3 aromatic rings. The number of nitrogens with one attached hydrogen (secondary N) is 2. The molecule has 3 aromatic heterocycles. The van der Waals surface area contributed by atoms with Gasteiger partial charge in [-0.1, -0.05) is 0 Å². The molecule has 10 heteroatoms. The summed E-state index contributed by atoms with van der Waals surface area (Å²) >= 11 is 0. The molecule has 182 valence electrons. The topological polar surface area (TPSA) is 115 Å². The zero-order valence-electron chi connectivity index (χ0n) is 19.3. The predicted octanol–water partition coefficient (Wildman–Crippen LogP) is 3.48. The Bertz CT molecular complexity index is 1250. The van der Waals surface area contributed by atoms with E-state index in [9.17, 15) is 9.18 Å². The number of aromatic nitrogens is 3. The number of pyridine rings is 3. The minimum atomic E-state index is -0.857. The Kier molecular flexibility index (Phi) is 6.06. The molecule has 2 aliphatic heterocycles. The van der Waals surface area contributed by atoms with E-state index >= 15 is 4.39 Å². The second-order valence-electron chi connectivity index (χ2n) is 9.02. The summed E-state index contributed by atoms with van der Waals surface area (Å²) in [6, 6.07) is 6.31. The molecule has 0 unspecified atom stereocenters. The number of anilines is 1. The third-order valence-corrected chi connectivity index (χ3v) is 6.72. The molecule has 4 N–H and O–H groups in total. The highest BCUT2D eigenvalue weighted by Crippen LogP contribution is 2.34. The highest BCUT2D eigenvalue weighted by atomic mass is 19.1. The van der Waals surface area contributed by atoms with E-state index in [1.807, 2.05) is 6.92 Å². The molecule has 2 saturated heterocycles. The van der Waals surface area contributed by atoms with Crippen molar-refractivity contribution in [3.8, 4) is 28.4 Å². The molecule has 2 bridgehead atoms. The van der Waals surface area contributed by atoms with Crippen molar-refractivity contribution in [2.24, 2.45) is 0 Å². The number of halogens is 2. The number of nitrogens with zero attached hydrogens (tertiary/aromatic N) is 3. The van der Waals surface area contributed by atoms with Crippen molar-refractivity contribution in [2.45, 2.75) is 44.2 Å². The number of hydrogen-bond donors (Lipinski definition) is 3. The fourth-order valence-electron chi connectivity index (χ4n) is 4.75. The number of nitrogens with two attached hydrogens (primary N) is 1. The number of ether oxygens (including phenoxy) is 1. The van der Waals surface area contributed by atoms with Crippen LogP contribution in [-0.4, -0.2) is 45.6 Å². The lowest BCUT2D eigenvalue weighted by Gasteiger charge is -2.47. The van der Waals surface area contributed by atoms with Gasteiger partial charge in [-0.15, -0.1) is 0 Å². The molecular formula is C25H26F2N6O2. The maximum absolute atomic E-state index is 15.7. The van der Waals surface area contributed by atoms with Crippen LogP contribution < -0.4 is 21.1 Å². The van der Waals surface area contributed by atoms with Gasteiger partial charge in [-0.25, -0.2) is 23.7 Å². The summed E-state index contributed by atoms with van der Waals surface area (Å²) in [5.41, 5.74) is 5.62. The molecule has 3 aliphatic rings. The van der Waals surface area contributed by atoms with Crippen LogP contribution in [0.1, 0.15) is 43.0 Å². The van der Waals surface area contributed by atoms with E-state index in [-0.39, 0.29) is 22.6 Å². The number of amides is 1. The quantitative estimate of drug-likeness (QED) is 0.495. The molecule has 5 heterocycles. The third-order valence-electron chi connectivity index (χ3n) is 6.72. The Morgan fingerprint density at radius 3 is 2.60 bits per heavy atom. The zero-order chi connectivity index (χ0) is 24.6.